The van der Waals surface area contributed by atoms with E-state index in [0.717, 1.165) is 59.2 Å². The van der Waals surface area contributed by atoms with Crippen LogP contribution < -0.4 is 5.73 Å². The Kier molecular flexibility index (Phi) is 8.23. The highest BCUT2D eigenvalue weighted by Gasteiger charge is 2.14. The average Bonchev–Trinajstić information content (AvgIpc) is 2.62. The van der Waals surface area contributed by atoms with Crippen molar-refractivity contribution in [1.82, 2.24) is 9.80 Å². The molecule has 0 amide bonds. The van der Waals surface area contributed by atoms with Gasteiger partial charge in [-0.1, -0.05) is 24.3 Å². The van der Waals surface area contributed by atoms with Crippen LogP contribution in [0.2, 0.25) is 0 Å². The van der Waals surface area contributed by atoms with Crippen LogP contribution in [-0.2, 0) is 22.6 Å². The molecule has 2 fully saturated rings. The molecule has 7 heteroatoms. The van der Waals surface area contributed by atoms with Gasteiger partial charge in [-0.2, -0.15) is 0 Å². The molecule has 0 aromatic heterocycles. The molecule has 1 aromatic rings. The summed E-state index contributed by atoms with van der Waals surface area (Å²) in [6.45, 7) is 8.31. The lowest BCUT2D eigenvalue weighted by atomic mass is 10.1. The number of morpholine rings is 2. The Morgan fingerprint density at radius 1 is 0.958 bits per heavy atom. The molecule has 0 saturated carbocycles. The number of halogens is 1. The maximum Gasteiger partial charge on any atom is 0.191 e. The smallest absolute Gasteiger partial charge is 0.191 e. The lowest BCUT2D eigenvalue weighted by Gasteiger charge is -2.28. The van der Waals surface area contributed by atoms with Crippen molar-refractivity contribution >= 4 is 29.9 Å². The second-order valence-electron chi connectivity index (χ2n) is 5.93. The van der Waals surface area contributed by atoms with Gasteiger partial charge in [-0.25, -0.2) is 4.99 Å². The highest BCUT2D eigenvalue weighted by molar-refractivity contribution is 14.0. The van der Waals surface area contributed by atoms with Crippen molar-refractivity contribution < 1.29 is 9.47 Å². The Hall–Kier alpha value is -0.900. The summed E-state index contributed by atoms with van der Waals surface area (Å²) in [5.41, 5.74) is 8.70. The van der Waals surface area contributed by atoms with Crippen molar-refractivity contribution in [3.8, 4) is 0 Å². The largest absolute Gasteiger partial charge is 0.379 e. The van der Waals surface area contributed by atoms with Crippen molar-refractivity contribution in [2.75, 3.05) is 52.6 Å². The summed E-state index contributed by atoms with van der Waals surface area (Å²) in [4.78, 5) is 9.11. The summed E-state index contributed by atoms with van der Waals surface area (Å²) in [5, 5.41) is 0. The maximum absolute atomic E-state index is 6.12. The van der Waals surface area contributed by atoms with Crippen LogP contribution in [0.1, 0.15) is 11.1 Å². The number of hydrogen-bond acceptors (Lipinski definition) is 4. The van der Waals surface area contributed by atoms with Crippen molar-refractivity contribution in [1.29, 1.82) is 0 Å². The Balaban J connectivity index is 0.00000208. The van der Waals surface area contributed by atoms with Gasteiger partial charge in [0.15, 0.2) is 5.96 Å². The fraction of sp³-hybridized carbons (Fsp3) is 0.588. The second-order valence-corrected chi connectivity index (χ2v) is 5.93. The summed E-state index contributed by atoms with van der Waals surface area (Å²) in [6.07, 6.45) is 0. The SMILES string of the molecule is I.NC(=NCc1ccccc1CN1CCOCC1)N1CCOCC1. The molecular weight excluding hydrogens is 419 g/mol. The number of hydrogen-bond donors (Lipinski definition) is 1. The molecule has 2 heterocycles. The van der Waals surface area contributed by atoms with E-state index in [2.05, 4.69) is 39.1 Å². The van der Waals surface area contributed by atoms with Crippen LogP contribution in [0.4, 0.5) is 0 Å². The minimum Gasteiger partial charge on any atom is -0.379 e. The van der Waals surface area contributed by atoms with Crippen LogP contribution in [0.25, 0.3) is 0 Å². The molecule has 6 nitrogen and oxygen atoms in total. The van der Waals surface area contributed by atoms with E-state index in [1.165, 1.54) is 11.1 Å². The zero-order valence-electron chi connectivity index (χ0n) is 14.0. The normalized spacial score (nSPS) is 19.8. The van der Waals surface area contributed by atoms with Crippen LogP contribution >= 0.6 is 24.0 Å². The summed E-state index contributed by atoms with van der Waals surface area (Å²) in [5.74, 6) is 0.620. The van der Waals surface area contributed by atoms with Gasteiger partial charge in [0.05, 0.1) is 33.0 Å². The van der Waals surface area contributed by atoms with Crippen molar-refractivity contribution in [2.24, 2.45) is 10.7 Å². The van der Waals surface area contributed by atoms with E-state index in [1.807, 2.05) is 0 Å². The second kappa shape index (κ2) is 10.2. The van der Waals surface area contributed by atoms with Gasteiger partial charge in [0.1, 0.15) is 0 Å². The molecule has 0 unspecified atom stereocenters. The fourth-order valence-electron chi connectivity index (χ4n) is 2.92. The van der Waals surface area contributed by atoms with Gasteiger partial charge in [-0.15, -0.1) is 24.0 Å². The molecule has 3 rings (SSSR count). The van der Waals surface area contributed by atoms with Crippen LogP contribution in [0.15, 0.2) is 29.3 Å². The summed E-state index contributed by atoms with van der Waals surface area (Å²) < 4.78 is 10.8. The lowest BCUT2D eigenvalue weighted by molar-refractivity contribution is 0.0341. The Bertz CT molecular complexity index is 529. The van der Waals surface area contributed by atoms with Gasteiger partial charge in [0.25, 0.3) is 0 Å². The third-order valence-electron chi connectivity index (χ3n) is 4.36. The Morgan fingerprint density at radius 3 is 2.21 bits per heavy atom. The molecule has 1 aromatic carbocycles. The topological polar surface area (TPSA) is 63.3 Å². The minimum atomic E-state index is 0. The van der Waals surface area contributed by atoms with Gasteiger partial charge >= 0.3 is 0 Å². The molecular formula is C17H27IN4O2. The van der Waals surface area contributed by atoms with E-state index < -0.39 is 0 Å². The highest BCUT2D eigenvalue weighted by Crippen LogP contribution is 2.14. The first-order chi connectivity index (χ1) is 11.3. The van der Waals surface area contributed by atoms with Crippen molar-refractivity contribution in [3.63, 3.8) is 0 Å². The van der Waals surface area contributed by atoms with E-state index in [1.54, 1.807) is 0 Å². The molecule has 0 spiro atoms. The minimum absolute atomic E-state index is 0. The Morgan fingerprint density at radius 2 is 1.54 bits per heavy atom. The highest BCUT2D eigenvalue weighted by atomic mass is 127. The van der Waals surface area contributed by atoms with Gasteiger partial charge in [0, 0.05) is 32.7 Å². The zero-order chi connectivity index (χ0) is 15.9. The Labute approximate surface area is 161 Å². The maximum atomic E-state index is 6.12. The lowest BCUT2D eigenvalue weighted by Crippen LogP contribution is -2.44. The monoisotopic (exact) mass is 446 g/mol. The molecule has 2 aliphatic heterocycles. The van der Waals surface area contributed by atoms with Crippen molar-refractivity contribution in [2.45, 2.75) is 13.1 Å². The third kappa shape index (κ3) is 5.58. The number of nitrogens with zero attached hydrogens (tertiary/aromatic N) is 3. The molecule has 2 N–H and O–H groups in total. The summed E-state index contributed by atoms with van der Waals surface area (Å²) >= 11 is 0. The van der Waals surface area contributed by atoms with Crippen LogP contribution in [-0.4, -0.2) is 68.4 Å². The molecule has 0 radical (unpaired) electrons. The predicted molar refractivity (Wildman–Crippen MR) is 106 cm³/mol. The number of ether oxygens (including phenoxy) is 2. The molecule has 0 atom stereocenters. The summed E-state index contributed by atoms with van der Waals surface area (Å²) in [6, 6.07) is 8.49. The summed E-state index contributed by atoms with van der Waals surface area (Å²) in [7, 11) is 0. The molecule has 0 aliphatic carbocycles. The van der Waals surface area contributed by atoms with Gasteiger partial charge in [-0.3, -0.25) is 4.90 Å². The van der Waals surface area contributed by atoms with Gasteiger partial charge < -0.3 is 20.1 Å². The first-order valence-electron chi connectivity index (χ1n) is 8.32. The molecule has 0 bridgehead atoms. The van der Waals surface area contributed by atoms with E-state index in [9.17, 15) is 0 Å². The van der Waals surface area contributed by atoms with Crippen LogP contribution in [0.5, 0.6) is 0 Å². The molecule has 2 aliphatic rings. The van der Waals surface area contributed by atoms with Gasteiger partial charge in [0.2, 0.25) is 0 Å². The van der Waals surface area contributed by atoms with Crippen LogP contribution in [0.3, 0.4) is 0 Å². The van der Waals surface area contributed by atoms with Gasteiger partial charge in [-0.05, 0) is 11.1 Å². The average molecular weight is 446 g/mol. The number of aliphatic imine (C=N–C) groups is 1. The first kappa shape index (κ1) is 19.4. The third-order valence-corrected chi connectivity index (χ3v) is 4.36. The number of nitrogens with two attached hydrogens (primary N) is 1. The van der Waals surface area contributed by atoms with E-state index >= 15 is 0 Å². The molecule has 24 heavy (non-hydrogen) atoms. The zero-order valence-corrected chi connectivity index (χ0v) is 16.4. The molecule has 134 valence electrons. The van der Waals surface area contributed by atoms with E-state index in [4.69, 9.17) is 15.2 Å². The van der Waals surface area contributed by atoms with E-state index in [0.29, 0.717) is 12.5 Å². The predicted octanol–water partition coefficient (Wildman–Crippen LogP) is 1.28. The first-order valence-corrected chi connectivity index (χ1v) is 8.32. The fourth-order valence-corrected chi connectivity index (χ4v) is 2.92. The van der Waals surface area contributed by atoms with E-state index in [-0.39, 0.29) is 24.0 Å². The molecule has 2 saturated heterocycles. The number of benzene rings is 1. The number of guanidine groups is 1. The quantitative estimate of drug-likeness (QED) is 0.429. The van der Waals surface area contributed by atoms with Crippen LogP contribution in [0, 0.1) is 0 Å². The number of rotatable bonds is 4. The van der Waals surface area contributed by atoms with Crippen molar-refractivity contribution in [3.05, 3.63) is 35.4 Å². The standard InChI is InChI=1S/C17H26N4O2.HI/c18-17(21-7-11-23-12-8-21)19-13-15-3-1-2-4-16(15)14-20-5-9-22-10-6-20;/h1-4H,5-14H2,(H2,18,19);1H.